The van der Waals surface area contributed by atoms with E-state index >= 15 is 0 Å². The van der Waals surface area contributed by atoms with E-state index < -0.39 is 0 Å². The minimum atomic E-state index is -0.225. The zero-order chi connectivity index (χ0) is 14.7. The lowest BCUT2D eigenvalue weighted by Crippen LogP contribution is -2.51. The Kier molecular flexibility index (Phi) is 4.88. The number of nitrogens with zero attached hydrogens (tertiary/aromatic N) is 1. The highest BCUT2D eigenvalue weighted by Gasteiger charge is 2.45. The third-order valence-electron chi connectivity index (χ3n) is 6.41. The number of hydrogen-bond donors (Lipinski definition) is 1. The van der Waals surface area contributed by atoms with Crippen molar-refractivity contribution in [2.75, 3.05) is 13.1 Å². The minimum Gasteiger partial charge on any atom is -0.339 e. The summed E-state index contributed by atoms with van der Waals surface area (Å²) in [5.41, 5.74) is 5.90. The van der Waals surface area contributed by atoms with E-state index in [9.17, 15) is 4.79 Å². The maximum atomic E-state index is 13.3. The van der Waals surface area contributed by atoms with E-state index in [1.807, 2.05) is 0 Å². The van der Waals surface area contributed by atoms with Gasteiger partial charge in [0.05, 0.1) is 5.41 Å². The van der Waals surface area contributed by atoms with Crippen molar-refractivity contribution in [3.05, 3.63) is 0 Å². The van der Waals surface area contributed by atoms with Gasteiger partial charge in [-0.05, 0) is 44.4 Å². The Labute approximate surface area is 129 Å². The third-order valence-corrected chi connectivity index (χ3v) is 6.41. The lowest BCUT2D eigenvalue weighted by Gasteiger charge is -2.38. The molecule has 0 bridgehead atoms. The number of carbonyl (C=O) groups is 1. The summed E-state index contributed by atoms with van der Waals surface area (Å²) in [5, 5.41) is 0. The van der Waals surface area contributed by atoms with Gasteiger partial charge in [0.25, 0.3) is 0 Å². The van der Waals surface area contributed by atoms with Gasteiger partial charge in [0, 0.05) is 19.1 Å². The molecule has 3 aliphatic rings. The van der Waals surface area contributed by atoms with Crippen molar-refractivity contribution in [1.29, 1.82) is 0 Å². The average Bonchev–Trinajstić information content (AvgIpc) is 3.13. The molecule has 3 heteroatoms. The second kappa shape index (κ2) is 6.68. The number of hydrogen-bond acceptors (Lipinski definition) is 2. The number of carbonyl (C=O) groups excluding carboxylic acids is 1. The van der Waals surface area contributed by atoms with E-state index in [1.54, 1.807) is 0 Å². The molecule has 1 heterocycles. The predicted octanol–water partition coefficient (Wildman–Crippen LogP) is 3.47. The molecule has 1 unspecified atom stereocenters. The zero-order valence-corrected chi connectivity index (χ0v) is 13.5. The summed E-state index contributed by atoms with van der Waals surface area (Å²) in [4.78, 5) is 15.6. The normalized spacial score (nSPS) is 30.5. The standard InChI is InChI=1S/C18H32N2O/c19-14-18(11-5-1-2-6-12-18)17(21)20-13-7-10-16(20)15-8-3-4-9-15/h15-16H,1-14,19H2. The third kappa shape index (κ3) is 2.99. The fraction of sp³-hybridized carbons (Fsp3) is 0.944. The van der Waals surface area contributed by atoms with E-state index in [2.05, 4.69) is 4.90 Å². The minimum absolute atomic E-state index is 0.225. The first-order chi connectivity index (χ1) is 10.3. The largest absolute Gasteiger partial charge is 0.339 e. The van der Waals surface area contributed by atoms with E-state index in [-0.39, 0.29) is 5.41 Å². The second-order valence-corrected chi connectivity index (χ2v) is 7.65. The van der Waals surface area contributed by atoms with Gasteiger partial charge in [-0.15, -0.1) is 0 Å². The van der Waals surface area contributed by atoms with Crippen molar-refractivity contribution in [2.45, 2.75) is 83.1 Å². The van der Waals surface area contributed by atoms with Gasteiger partial charge in [0.1, 0.15) is 0 Å². The van der Waals surface area contributed by atoms with Gasteiger partial charge in [0.2, 0.25) is 5.91 Å². The first-order valence-corrected chi connectivity index (χ1v) is 9.28. The molecule has 1 atom stereocenters. The number of likely N-dealkylation sites (tertiary alicyclic amines) is 1. The molecule has 1 saturated heterocycles. The summed E-state index contributed by atoms with van der Waals surface area (Å²) < 4.78 is 0. The van der Waals surface area contributed by atoms with Gasteiger partial charge in [-0.3, -0.25) is 4.79 Å². The Hall–Kier alpha value is -0.570. The lowest BCUT2D eigenvalue weighted by atomic mass is 9.78. The van der Waals surface area contributed by atoms with E-state index in [1.165, 1.54) is 64.2 Å². The van der Waals surface area contributed by atoms with E-state index in [4.69, 9.17) is 5.73 Å². The molecule has 2 saturated carbocycles. The monoisotopic (exact) mass is 292 g/mol. The zero-order valence-electron chi connectivity index (χ0n) is 13.5. The molecule has 0 aromatic heterocycles. The highest BCUT2D eigenvalue weighted by molar-refractivity contribution is 5.83. The van der Waals surface area contributed by atoms with Crippen LogP contribution in [-0.4, -0.2) is 29.9 Å². The van der Waals surface area contributed by atoms with Gasteiger partial charge in [-0.25, -0.2) is 0 Å². The molecule has 3 fully saturated rings. The molecule has 21 heavy (non-hydrogen) atoms. The van der Waals surface area contributed by atoms with Crippen LogP contribution in [0.5, 0.6) is 0 Å². The first kappa shape index (κ1) is 15.3. The Morgan fingerprint density at radius 2 is 1.62 bits per heavy atom. The van der Waals surface area contributed by atoms with Crippen LogP contribution < -0.4 is 5.73 Å². The Bertz CT molecular complexity index is 354. The van der Waals surface area contributed by atoms with Crippen molar-refractivity contribution in [3.63, 3.8) is 0 Å². The van der Waals surface area contributed by atoms with Crippen molar-refractivity contribution in [3.8, 4) is 0 Å². The van der Waals surface area contributed by atoms with Crippen LogP contribution in [-0.2, 0) is 4.79 Å². The van der Waals surface area contributed by atoms with Gasteiger partial charge >= 0.3 is 0 Å². The summed E-state index contributed by atoms with van der Waals surface area (Å²) in [6, 6.07) is 0.534. The maximum absolute atomic E-state index is 13.3. The SMILES string of the molecule is NCC1(C(=O)N2CCCC2C2CCCC2)CCCCCC1. The highest BCUT2D eigenvalue weighted by Crippen LogP contribution is 2.41. The summed E-state index contributed by atoms with van der Waals surface area (Å²) in [5.74, 6) is 1.19. The molecule has 0 spiro atoms. The highest BCUT2D eigenvalue weighted by atomic mass is 16.2. The van der Waals surface area contributed by atoms with Crippen molar-refractivity contribution >= 4 is 5.91 Å². The Balaban J connectivity index is 1.75. The molecule has 0 aromatic rings. The molecule has 0 aromatic carbocycles. The second-order valence-electron chi connectivity index (χ2n) is 7.65. The van der Waals surface area contributed by atoms with Crippen LogP contribution in [0.3, 0.4) is 0 Å². The van der Waals surface area contributed by atoms with E-state index in [0.29, 0.717) is 18.5 Å². The summed E-state index contributed by atoms with van der Waals surface area (Å²) in [6.07, 6.45) is 14.8. The van der Waals surface area contributed by atoms with Crippen LogP contribution in [0.25, 0.3) is 0 Å². The van der Waals surface area contributed by atoms with Gasteiger partial charge in [-0.1, -0.05) is 38.5 Å². The number of amides is 1. The van der Waals surface area contributed by atoms with E-state index in [0.717, 1.165) is 25.3 Å². The number of rotatable bonds is 3. The Morgan fingerprint density at radius 1 is 0.952 bits per heavy atom. The van der Waals surface area contributed by atoms with Crippen molar-refractivity contribution in [1.82, 2.24) is 4.90 Å². The van der Waals surface area contributed by atoms with Crippen LogP contribution in [0.15, 0.2) is 0 Å². The van der Waals surface area contributed by atoms with Gasteiger partial charge in [0.15, 0.2) is 0 Å². The number of nitrogens with two attached hydrogens (primary N) is 1. The van der Waals surface area contributed by atoms with Crippen LogP contribution in [0, 0.1) is 11.3 Å². The molecular weight excluding hydrogens is 260 g/mol. The lowest BCUT2D eigenvalue weighted by molar-refractivity contribution is -0.144. The molecule has 1 amide bonds. The fourth-order valence-corrected chi connectivity index (χ4v) is 5.09. The van der Waals surface area contributed by atoms with Crippen LogP contribution >= 0.6 is 0 Å². The smallest absolute Gasteiger partial charge is 0.230 e. The maximum Gasteiger partial charge on any atom is 0.230 e. The van der Waals surface area contributed by atoms with Crippen molar-refractivity contribution in [2.24, 2.45) is 17.1 Å². The molecular formula is C18H32N2O. The molecule has 3 rings (SSSR count). The molecule has 2 N–H and O–H groups in total. The summed E-state index contributed by atoms with van der Waals surface area (Å²) in [7, 11) is 0. The molecule has 3 nitrogen and oxygen atoms in total. The van der Waals surface area contributed by atoms with Gasteiger partial charge < -0.3 is 10.6 Å². The molecule has 120 valence electrons. The first-order valence-electron chi connectivity index (χ1n) is 9.28. The quantitative estimate of drug-likeness (QED) is 0.810. The van der Waals surface area contributed by atoms with Gasteiger partial charge in [-0.2, -0.15) is 0 Å². The van der Waals surface area contributed by atoms with Crippen LogP contribution in [0.4, 0.5) is 0 Å². The van der Waals surface area contributed by atoms with Crippen molar-refractivity contribution < 1.29 is 4.79 Å². The average molecular weight is 292 g/mol. The van der Waals surface area contributed by atoms with Crippen LogP contribution in [0.1, 0.15) is 77.0 Å². The predicted molar refractivity (Wildman–Crippen MR) is 85.9 cm³/mol. The van der Waals surface area contributed by atoms with Crippen LogP contribution in [0.2, 0.25) is 0 Å². The summed E-state index contributed by atoms with van der Waals surface area (Å²) >= 11 is 0. The summed E-state index contributed by atoms with van der Waals surface area (Å²) in [6.45, 7) is 1.54. The molecule has 0 radical (unpaired) electrons. The Morgan fingerprint density at radius 3 is 2.24 bits per heavy atom. The molecule has 2 aliphatic carbocycles. The molecule has 1 aliphatic heterocycles. The topological polar surface area (TPSA) is 46.3 Å². The fourth-order valence-electron chi connectivity index (χ4n) is 5.09.